The Bertz CT molecular complexity index is 181. The largest absolute Gasteiger partial charge is 0.376 e. The van der Waals surface area contributed by atoms with Gasteiger partial charge in [-0.1, -0.05) is 6.42 Å². The topological polar surface area (TPSA) is 38.0 Å². The van der Waals surface area contributed by atoms with E-state index in [4.69, 9.17) is 18.0 Å². The van der Waals surface area contributed by atoms with Crippen LogP contribution in [0.15, 0.2) is 0 Å². The van der Waals surface area contributed by atoms with Gasteiger partial charge in [-0.15, -0.1) is 0 Å². The molecule has 11 heavy (non-hydrogen) atoms. The molecule has 0 amide bonds. The van der Waals surface area contributed by atoms with E-state index in [2.05, 4.69) is 5.32 Å². The van der Waals surface area contributed by atoms with Gasteiger partial charge in [0.2, 0.25) is 0 Å². The van der Waals surface area contributed by atoms with Crippen LogP contribution in [0, 0.1) is 11.8 Å². The van der Waals surface area contributed by atoms with Gasteiger partial charge in [-0.2, -0.15) is 0 Å². The highest BCUT2D eigenvalue weighted by atomic mass is 32.1. The molecule has 0 radical (unpaired) electrons. The molecule has 0 aromatic carbocycles. The predicted molar refractivity (Wildman–Crippen MR) is 49.2 cm³/mol. The molecular formula is C8H14N2S. The van der Waals surface area contributed by atoms with Crippen molar-refractivity contribution in [2.45, 2.75) is 31.7 Å². The lowest BCUT2D eigenvalue weighted by Gasteiger charge is -2.22. The maximum Gasteiger partial charge on any atom is 0.163 e. The summed E-state index contributed by atoms with van der Waals surface area (Å²) in [6.07, 6.45) is 5.51. The number of nitrogens with one attached hydrogen (secondary N) is 1. The number of thiocarbonyl (C=S) groups is 1. The third-order valence-corrected chi connectivity index (χ3v) is 3.18. The smallest absolute Gasteiger partial charge is 0.163 e. The van der Waals surface area contributed by atoms with E-state index >= 15 is 0 Å². The lowest BCUT2D eigenvalue weighted by Crippen LogP contribution is -2.41. The monoisotopic (exact) mass is 170 g/mol. The second kappa shape index (κ2) is 2.63. The van der Waals surface area contributed by atoms with Gasteiger partial charge in [-0.05, 0) is 43.3 Å². The third kappa shape index (κ3) is 1.34. The van der Waals surface area contributed by atoms with Gasteiger partial charge in [0, 0.05) is 6.04 Å². The van der Waals surface area contributed by atoms with Gasteiger partial charge in [0.25, 0.3) is 0 Å². The summed E-state index contributed by atoms with van der Waals surface area (Å²) in [5, 5.41) is 3.66. The molecule has 0 aliphatic heterocycles. The zero-order valence-electron chi connectivity index (χ0n) is 6.55. The predicted octanol–water partition coefficient (Wildman–Crippen LogP) is 1.01. The summed E-state index contributed by atoms with van der Waals surface area (Å²) in [5.74, 6) is 1.83. The molecule has 3 N–H and O–H groups in total. The highest BCUT2D eigenvalue weighted by Crippen LogP contribution is 2.44. The third-order valence-electron chi connectivity index (χ3n) is 3.07. The van der Waals surface area contributed by atoms with E-state index in [-0.39, 0.29) is 0 Å². The van der Waals surface area contributed by atoms with Crippen LogP contribution >= 0.6 is 12.2 Å². The summed E-state index contributed by atoms with van der Waals surface area (Å²) < 4.78 is 0. The number of fused-ring (bicyclic) bond motifs is 2. The Balaban J connectivity index is 1.92. The van der Waals surface area contributed by atoms with Crippen LogP contribution in [0.25, 0.3) is 0 Å². The molecule has 0 saturated heterocycles. The lowest BCUT2D eigenvalue weighted by atomic mass is 9.96. The molecule has 3 atom stereocenters. The zero-order chi connectivity index (χ0) is 7.84. The average molecular weight is 170 g/mol. The molecule has 2 saturated carbocycles. The van der Waals surface area contributed by atoms with Gasteiger partial charge >= 0.3 is 0 Å². The maximum atomic E-state index is 5.42. The second-order valence-corrected chi connectivity index (χ2v) is 4.23. The zero-order valence-corrected chi connectivity index (χ0v) is 7.36. The molecule has 0 aromatic heterocycles. The molecule has 0 spiro atoms. The first-order valence-corrected chi connectivity index (χ1v) is 4.72. The van der Waals surface area contributed by atoms with Crippen molar-refractivity contribution in [3.05, 3.63) is 0 Å². The minimum Gasteiger partial charge on any atom is -0.376 e. The van der Waals surface area contributed by atoms with E-state index in [0.29, 0.717) is 11.2 Å². The molecule has 0 aromatic rings. The highest BCUT2D eigenvalue weighted by molar-refractivity contribution is 7.80. The second-order valence-electron chi connectivity index (χ2n) is 3.79. The molecule has 2 aliphatic carbocycles. The van der Waals surface area contributed by atoms with Gasteiger partial charge in [-0.3, -0.25) is 0 Å². The van der Waals surface area contributed by atoms with Crippen molar-refractivity contribution in [1.29, 1.82) is 0 Å². The summed E-state index contributed by atoms with van der Waals surface area (Å²) >= 11 is 4.81. The molecule has 62 valence electrons. The molecule has 0 heterocycles. The van der Waals surface area contributed by atoms with Crippen molar-refractivity contribution in [1.82, 2.24) is 5.32 Å². The first-order valence-electron chi connectivity index (χ1n) is 4.31. The Morgan fingerprint density at radius 1 is 1.36 bits per heavy atom. The van der Waals surface area contributed by atoms with Crippen molar-refractivity contribution < 1.29 is 0 Å². The summed E-state index contributed by atoms with van der Waals surface area (Å²) in [5.41, 5.74) is 5.42. The van der Waals surface area contributed by atoms with Crippen LogP contribution in [0.5, 0.6) is 0 Å². The van der Waals surface area contributed by atoms with E-state index in [0.717, 1.165) is 11.8 Å². The van der Waals surface area contributed by atoms with Crippen molar-refractivity contribution in [3.8, 4) is 0 Å². The van der Waals surface area contributed by atoms with Crippen LogP contribution in [-0.4, -0.2) is 11.2 Å². The van der Waals surface area contributed by atoms with Gasteiger partial charge in [-0.25, -0.2) is 0 Å². The summed E-state index contributed by atoms with van der Waals surface area (Å²) in [6.45, 7) is 0. The van der Waals surface area contributed by atoms with E-state index < -0.39 is 0 Å². The first kappa shape index (κ1) is 7.35. The molecule has 2 rings (SSSR count). The van der Waals surface area contributed by atoms with E-state index in [9.17, 15) is 0 Å². The van der Waals surface area contributed by atoms with Crippen molar-refractivity contribution >= 4 is 17.3 Å². The summed E-state index contributed by atoms with van der Waals surface area (Å²) in [6, 6.07) is 0.603. The van der Waals surface area contributed by atoms with Crippen LogP contribution in [0.2, 0.25) is 0 Å². The molecule has 3 heteroatoms. The standard InChI is InChI=1S/C8H14N2S/c9-8(11)10-7-4-5-1-2-6(7)3-5/h5-7H,1-4H2,(H3,9,10,11)/t5?,6?,7-/m0/s1. The molecule has 2 nitrogen and oxygen atoms in total. The normalized spacial score (nSPS) is 40.9. The van der Waals surface area contributed by atoms with E-state index in [1.807, 2.05) is 0 Å². The quantitative estimate of drug-likeness (QED) is 0.577. The van der Waals surface area contributed by atoms with Crippen LogP contribution in [-0.2, 0) is 0 Å². The molecule has 2 unspecified atom stereocenters. The molecule has 2 aliphatic rings. The van der Waals surface area contributed by atoms with Gasteiger partial charge in [0.15, 0.2) is 5.11 Å². The molecular weight excluding hydrogens is 156 g/mol. The van der Waals surface area contributed by atoms with Crippen LogP contribution in [0.3, 0.4) is 0 Å². The minimum absolute atomic E-state index is 0.475. The SMILES string of the molecule is NC(=S)N[C@H]1CC2CCC1C2. The Labute approximate surface area is 72.5 Å². The minimum atomic E-state index is 0.475. The molecule has 2 fully saturated rings. The number of hydrogen-bond acceptors (Lipinski definition) is 1. The lowest BCUT2D eigenvalue weighted by molar-refractivity contribution is 0.391. The summed E-state index contributed by atoms with van der Waals surface area (Å²) in [7, 11) is 0. The Hall–Kier alpha value is -0.310. The van der Waals surface area contributed by atoms with Crippen molar-refractivity contribution in [2.24, 2.45) is 17.6 Å². The average Bonchev–Trinajstić information content (AvgIpc) is 2.45. The number of rotatable bonds is 1. The highest BCUT2D eigenvalue weighted by Gasteiger charge is 2.39. The van der Waals surface area contributed by atoms with Crippen LogP contribution in [0.4, 0.5) is 0 Å². The molecule has 2 bridgehead atoms. The Morgan fingerprint density at radius 3 is 2.64 bits per heavy atom. The number of hydrogen-bond donors (Lipinski definition) is 2. The fourth-order valence-electron chi connectivity index (χ4n) is 2.60. The maximum absolute atomic E-state index is 5.42. The Morgan fingerprint density at radius 2 is 2.18 bits per heavy atom. The Kier molecular flexibility index (Phi) is 1.75. The fraction of sp³-hybridized carbons (Fsp3) is 0.875. The van der Waals surface area contributed by atoms with Gasteiger partial charge in [0.05, 0.1) is 0 Å². The van der Waals surface area contributed by atoms with Crippen molar-refractivity contribution in [2.75, 3.05) is 0 Å². The van der Waals surface area contributed by atoms with E-state index in [1.54, 1.807) is 0 Å². The van der Waals surface area contributed by atoms with Gasteiger partial charge in [0.1, 0.15) is 0 Å². The van der Waals surface area contributed by atoms with Crippen LogP contribution < -0.4 is 11.1 Å². The van der Waals surface area contributed by atoms with Crippen LogP contribution in [0.1, 0.15) is 25.7 Å². The first-order chi connectivity index (χ1) is 5.25. The fourth-order valence-corrected chi connectivity index (χ4v) is 2.76. The van der Waals surface area contributed by atoms with Gasteiger partial charge < -0.3 is 11.1 Å². The number of nitrogens with two attached hydrogens (primary N) is 1. The summed E-state index contributed by atoms with van der Waals surface area (Å²) in [4.78, 5) is 0. The van der Waals surface area contributed by atoms with Crippen molar-refractivity contribution in [3.63, 3.8) is 0 Å². The van der Waals surface area contributed by atoms with E-state index in [1.165, 1.54) is 25.7 Å².